The quantitative estimate of drug-likeness (QED) is 0.430. The van der Waals surface area contributed by atoms with E-state index in [2.05, 4.69) is 25.6 Å². The van der Waals surface area contributed by atoms with Crippen molar-refractivity contribution >= 4 is 9.52 Å². The van der Waals surface area contributed by atoms with Crippen LogP contribution in [0.3, 0.4) is 0 Å². The smallest absolute Gasteiger partial charge is 0.159 e. The van der Waals surface area contributed by atoms with Crippen molar-refractivity contribution in [3.05, 3.63) is 47.5 Å². The Morgan fingerprint density at radius 1 is 1.00 bits per heavy atom. The van der Waals surface area contributed by atoms with Gasteiger partial charge in [0.2, 0.25) is 0 Å². The number of halogens is 2. The lowest BCUT2D eigenvalue weighted by Crippen LogP contribution is -2.22. The molecule has 1 aromatic carbocycles. The molecule has 0 saturated heterocycles. The van der Waals surface area contributed by atoms with Gasteiger partial charge < -0.3 is 0 Å². The Kier molecular flexibility index (Phi) is 6.14. The second-order valence-corrected chi connectivity index (χ2v) is 10.6. The van der Waals surface area contributed by atoms with Crippen molar-refractivity contribution in [1.29, 1.82) is 0 Å². The van der Waals surface area contributed by atoms with Crippen molar-refractivity contribution in [2.75, 3.05) is 0 Å². The van der Waals surface area contributed by atoms with Crippen LogP contribution in [0.5, 0.6) is 0 Å². The number of benzene rings is 1. The molecular formula is C22H32F2Si. The molecule has 0 nitrogen and oxygen atoms in total. The molecule has 0 spiro atoms. The molecule has 2 aliphatic carbocycles. The first-order chi connectivity index (χ1) is 12.0. The summed E-state index contributed by atoms with van der Waals surface area (Å²) in [5.41, 5.74) is 2.46. The monoisotopic (exact) mass is 362 g/mol. The van der Waals surface area contributed by atoms with Crippen molar-refractivity contribution in [2.45, 2.75) is 76.3 Å². The average molecular weight is 363 g/mol. The lowest BCUT2D eigenvalue weighted by Gasteiger charge is -2.35. The van der Waals surface area contributed by atoms with E-state index in [1.165, 1.54) is 50.7 Å². The van der Waals surface area contributed by atoms with Gasteiger partial charge in [-0.05, 0) is 73.5 Å². The summed E-state index contributed by atoms with van der Waals surface area (Å²) in [5.74, 6) is -0.399. The zero-order chi connectivity index (χ0) is 17.9. The van der Waals surface area contributed by atoms with Crippen molar-refractivity contribution in [1.82, 2.24) is 0 Å². The molecule has 2 aliphatic rings. The van der Waals surface area contributed by atoms with Gasteiger partial charge in [0.05, 0.1) is 0 Å². The molecule has 1 aromatic rings. The van der Waals surface area contributed by atoms with Gasteiger partial charge in [-0.25, -0.2) is 8.78 Å². The van der Waals surface area contributed by atoms with E-state index >= 15 is 0 Å². The summed E-state index contributed by atoms with van der Waals surface area (Å²) in [6, 6.07) is 4.43. The van der Waals surface area contributed by atoms with Crippen LogP contribution in [-0.4, -0.2) is 9.52 Å². The van der Waals surface area contributed by atoms with Crippen molar-refractivity contribution in [2.24, 2.45) is 11.3 Å². The second kappa shape index (κ2) is 8.16. The minimum absolute atomic E-state index is 0.175. The maximum Gasteiger partial charge on any atom is 0.159 e. The van der Waals surface area contributed by atoms with Gasteiger partial charge in [0.1, 0.15) is 0 Å². The molecule has 0 heterocycles. The maximum absolute atomic E-state index is 13.4. The highest BCUT2D eigenvalue weighted by atomic mass is 28.2. The summed E-state index contributed by atoms with van der Waals surface area (Å²) in [6.45, 7) is 4.89. The van der Waals surface area contributed by atoms with Crippen molar-refractivity contribution in [3.8, 4) is 0 Å². The lowest BCUT2D eigenvalue weighted by atomic mass is 9.73. The minimum atomic E-state index is -0.742. The van der Waals surface area contributed by atoms with Gasteiger partial charge in [-0.1, -0.05) is 50.1 Å². The molecule has 0 atom stereocenters. The van der Waals surface area contributed by atoms with E-state index < -0.39 is 11.6 Å². The van der Waals surface area contributed by atoms with E-state index in [9.17, 15) is 8.78 Å². The molecule has 3 heteroatoms. The van der Waals surface area contributed by atoms with Crippen LogP contribution in [0, 0.1) is 23.0 Å². The Hall–Kier alpha value is -0.963. The zero-order valence-electron chi connectivity index (χ0n) is 15.7. The largest absolute Gasteiger partial charge is 0.204 e. The third-order valence-electron chi connectivity index (χ3n) is 6.78. The molecule has 0 N–H and O–H groups in total. The number of hydrogen-bond donors (Lipinski definition) is 0. The molecule has 0 amide bonds. The standard InChI is InChI=1S/C22H32F2Si/c1-22(13-10-19(25-2)11-14-22)12-9-16-3-5-17(6-4-16)18-7-8-20(23)21(24)15-18/h7-9,12,15-17,19H,3-6,10-11,13-14,25H2,1-2H3/t16?,17?,19-,22-. The molecule has 0 radical (unpaired) electrons. The Labute approximate surface area is 153 Å². The summed E-state index contributed by atoms with van der Waals surface area (Å²) in [5, 5.41) is 0. The van der Waals surface area contributed by atoms with E-state index in [0.717, 1.165) is 23.9 Å². The van der Waals surface area contributed by atoms with E-state index in [0.29, 0.717) is 17.3 Å². The van der Waals surface area contributed by atoms with Crippen LogP contribution in [0.15, 0.2) is 30.4 Å². The highest BCUT2D eigenvalue weighted by Gasteiger charge is 2.29. The molecule has 2 fully saturated rings. The molecule has 25 heavy (non-hydrogen) atoms. The van der Waals surface area contributed by atoms with Crippen LogP contribution >= 0.6 is 0 Å². The highest BCUT2D eigenvalue weighted by molar-refractivity contribution is 6.35. The maximum atomic E-state index is 13.4. The normalized spacial score (nSPS) is 34.2. The molecule has 0 unspecified atom stereocenters. The van der Waals surface area contributed by atoms with Gasteiger partial charge in [-0.2, -0.15) is 0 Å². The fraction of sp³-hybridized carbons (Fsp3) is 0.636. The highest BCUT2D eigenvalue weighted by Crippen LogP contribution is 2.43. The van der Waals surface area contributed by atoms with Crippen LogP contribution in [0.1, 0.15) is 69.8 Å². The lowest BCUT2D eigenvalue weighted by molar-refractivity contribution is 0.281. The summed E-state index contributed by atoms with van der Waals surface area (Å²) < 4.78 is 26.6. The van der Waals surface area contributed by atoms with E-state index in [4.69, 9.17) is 0 Å². The van der Waals surface area contributed by atoms with Gasteiger partial charge in [0.25, 0.3) is 0 Å². The Morgan fingerprint density at radius 2 is 1.68 bits per heavy atom. The van der Waals surface area contributed by atoms with Crippen LogP contribution in [0.2, 0.25) is 12.1 Å². The third kappa shape index (κ3) is 4.81. The second-order valence-electron chi connectivity index (χ2n) is 8.65. The first kappa shape index (κ1) is 18.8. The Bertz CT molecular complexity index is 594. The zero-order valence-corrected chi connectivity index (χ0v) is 17.2. The molecule has 0 aromatic heterocycles. The van der Waals surface area contributed by atoms with Crippen molar-refractivity contribution < 1.29 is 8.78 Å². The van der Waals surface area contributed by atoms with Crippen LogP contribution in [-0.2, 0) is 0 Å². The molecule has 0 aliphatic heterocycles. The van der Waals surface area contributed by atoms with E-state index in [1.807, 2.05) is 0 Å². The third-order valence-corrected chi connectivity index (χ3v) is 8.75. The first-order valence-corrected chi connectivity index (χ1v) is 12.4. The molecule has 3 rings (SSSR count). The average Bonchev–Trinajstić information content (AvgIpc) is 2.64. The van der Waals surface area contributed by atoms with E-state index in [-0.39, 0.29) is 9.52 Å². The summed E-state index contributed by atoms with van der Waals surface area (Å²) in [6.07, 6.45) is 15.1. The number of rotatable bonds is 4. The fourth-order valence-corrected chi connectivity index (χ4v) is 5.92. The van der Waals surface area contributed by atoms with Crippen molar-refractivity contribution in [3.63, 3.8) is 0 Å². The van der Waals surface area contributed by atoms with Gasteiger partial charge in [0, 0.05) is 9.52 Å². The summed E-state index contributed by atoms with van der Waals surface area (Å²) in [4.78, 5) is 0. The number of hydrogen-bond acceptors (Lipinski definition) is 0. The predicted octanol–water partition coefficient (Wildman–Crippen LogP) is 6.38. The Balaban J connectivity index is 1.51. The van der Waals surface area contributed by atoms with Gasteiger partial charge >= 0.3 is 0 Å². The Morgan fingerprint density at radius 3 is 2.28 bits per heavy atom. The van der Waals surface area contributed by atoms with Gasteiger partial charge in [-0.15, -0.1) is 0 Å². The molecular weight excluding hydrogens is 330 g/mol. The topological polar surface area (TPSA) is 0 Å². The number of allylic oxidation sites excluding steroid dienone is 2. The molecule has 138 valence electrons. The first-order valence-electron chi connectivity index (χ1n) is 10.1. The minimum Gasteiger partial charge on any atom is -0.204 e. The summed E-state index contributed by atoms with van der Waals surface area (Å²) >= 11 is 0. The SMILES string of the molecule is C[SiH2][C@H]1CC[C@](C)(C=CC2CCC(c3ccc(F)c(F)c3)CC2)CC1. The van der Waals surface area contributed by atoms with E-state index in [1.54, 1.807) is 6.07 Å². The fourth-order valence-electron chi connectivity index (χ4n) is 4.69. The van der Waals surface area contributed by atoms with Crippen LogP contribution in [0.4, 0.5) is 8.78 Å². The van der Waals surface area contributed by atoms with Crippen LogP contribution < -0.4 is 0 Å². The van der Waals surface area contributed by atoms with Gasteiger partial charge in [-0.3, -0.25) is 0 Å². The predicted molar refractivity (Wildman–Crippen MR) is 105 cm³/mol. The molecule has 2 saturated carbocycles. The molecule has 0 bridgehead atoms. The van der Waals surface area contributed by atoms with Gasteiger partial charge in [0.15, 0.2) is 11.6 Å². The van der Waals surface area contributed by atoms with Crippen LogP contribution in [0.25, 0.3) is 0 Å². The summed E-state index contributed by atoms with van der Waals surface area (Å²) in [7, 11) is 0.175.